The molecule has 2 aromatic rings. The Morgan fingerprint density at radius 2 is 1.69 bits per heavy atom. The predicted octanol–water partition coefficient (Wildman–Crippen LogP) is 3.93. The number of carbonyl (C=O) groups is 2. The van der Waals surface area contributed by atoms with Crippen LogP contribution in [0, 0.1) is 17.2 Å². The minimum atomic E-state index is -0.810. The third-order valence-corrected chi connectivity index (χ3v) is 6.60. The van der Waals surface area contributed by atoms with Crippen LogP contribution in [0.1, 0.15) is 37.7 Å². The van der Waals surface area contributed by atoms with E-state index in [2.05, 4.69) is 0 Å². The Morgan fingerprint density at radius 1 is 1.03 bits per heavy atom. The zero-order valence-corrected chi connectivity index (χ0v) is 16.6. The molecular weight excluding hydrogens is 367 g/mol. The lowest BCUT2D eigenvalue weighted by Gasteiger charge is -2.28. The second-order valence-electron chi connectivity index (χ2n) is 8.45. The third kappa shape index (κ3) is 3.78. The highest BCUT2D eigenvalue weighted by Crippen LogP contribution is 2.39. The molecular formula is C24H27FN2O2. The Kier molecular flexibility index (Phi) is 5.39. The van der Waals surface area contributed by atoms with E-state index in [1.165, 1.54) is 6.07 Å². The number of halogens is 1. The molecule has 5 heteroatoms. The van der Waals surface area contributed by atoms with Crippen LogP contribution in [0.4, 0.5) is 4.39 Å². The first-order chi connectivity index (χ1) is 14.0. The summed E-state index contributed by atoms with van der Waals surface area (Å²) in [4.78, 5) is 27.2. The molecule has 2 aliphatic rings. The van der Waals surface area contributed by atoms with Gasteiger partial charge in [0.15, 0.2) is 0 Å². The molecule has 4 nitrogen and oxygen atoms in total. The molecule has 2 aromatic carbocycles. The number of primary amides is 1. The molecule has 29 heavy (non-hydrogen) atoms. The summed E-state index contributed by atoms with van der Waals surface area (Å²) in [5.41, 5.74) is 7.22. The first-order valence-corrected chi connectivity index (χ1v) is 10.4. The van der Waals surface area contributed by atoms with E-state index in [1.54, 1.807) is 18.2 Å². The number of benzene rings is 2. The molecule has 1 heterocycles. The van der Waals surface area contributed by atoms with Crippen molar-refractivity contribution in [2.24, 2.45) is 17.1 Å². The minimum absolute atomic E-state index is 0.0874. The lowest BCUT2D eigenvalue weighted by Crippen LogP contribution is -2.43. The van der Waals surface area contributed by atoms with Gasteiger partial charge in [0.25, 0.3) is 0 Å². The maximum Gasteiger partial charge on any atom is 0.225 e. The SMILES string of the molecule is NC(=O)[C@@]1(Cc2ccccc2-c2ccccc2F)CCN(C(=O)C2CCCC2)C1. The second-order valence-corrected chi connectivity index (χ2v) is 8.45. The van der Waals surface area contributed by atoms with Crippen LogP contribution in [0.25, 0.3) is 11.1 Å². The van der Waals surface area contributed by atoms with E-state index in [0.29, 0.717) is 31.5 Å². The molecule has 2 amide bonds. The monoisotopic (exact) mass is 394 g/mol. The normalized spacial score (nSPS) is 22.2. The molecule has 1 saturated heterocycles. The van der Waals surface area contributed by atoms with Gasteiger partial charge in [-0.2, -0.15) is 0 Å². The van der Waals surface area contributed by atoms with Gasteiger partial charge in [0.1, 0.15) is 5.82 Å². The summed E-state index contributed by atoms with van der Waals surface area (Å²) < 4.78 is 14.4. The summed E-state index contributed by atoms with van der Waals surface area (Å²) in [6, 6.07) is 14.2. The first kappa shape index (κ1) is 19.6. The van der Waals surface area contributed by atoms with Gasteiger partial charge < -0.3 is 10.6 Å². The van der Waals surface area contributed by atoms with E-state index in [1.807, 2.05) is 29.2 Å². The van der Waals surface area contributed by atoms with E-state index < -0.39 is 5.41 Å². The fourth-order valence-electron chi connectivity index (χ4n) is 4.91. The Labute approximate surface area is 170 Å². The summed E-state index contributed by atoms with van der Waals surface area (Å²) in [6.07, 6.45) is 5.03. The van der Waals surface area contributed by atoms with Crippen LogP contribution < -0.4 is 5.73 Å². The van der Waals surface area contributed by atoms with Gasteiger partial charge in [-0.3, -0.25) is 9.59 Å². The quantitative estimate of drug-likeness (QED) is 0.835. The zero-order chi connectivity index (χ0) is 20.4. The molecule has 2 N–H and O–H groups in total. The predicted molar refractivity (Wildman–Crippen MR) is 110 cm³/mol. The number of rotatable bonds is 5. The second kappa shape index (κ2) is 7.97. The molecule has 152 valence electrons. The highest BCUT2D eigenvalue weighted by molar-refractivity contribution is 5.85. The van der Waals surface area contributed by atoms with Crippen LogP contribution in [-0.4, -0.2) is 29.8 Å². The highest BCUT2D eigenvalue weighted by Gasteiger charge is 2.46. The van der Waals surface area contributed by atoms with Gasteiger partial charge in [0.2, 0.25) is 11.8 Å². The summed E-state index contributed by atoms with van der Waals surface area (Å²) >= 11 is 0. The molecule has 0 spiro atoms. The van der Waals surface area contributed by atoms with Gasteiger partial charge >= 0.3 is 0 Å². The van der Waals surface area contributed by atoms with Gasteiger partial charge in [-0.05, 0) is 42.9 Å². The maximum absolute atomic E-state index is 14.4. The van der Waals surface area contributed by atoms with Crippen LogP contribution >= 0.6 is 0 Å². The zero-order valence-electron chi connectivity index (χ0n) is 16.6. The molecule has 4 rings (SSSR count). The largest absolute Gasteiger partial charge is 0.369 e. The number of nitrogens with zero attached hydrogens (tertiary/aromatic N) is 1. The number of hydrogen-bond acceptors (Lipinski definition) is 2. The van der Waals surface area contributed by atoms with Crippen LogP contribution in [0.2, 0.25) is 0 Å². The van der Waals surface area contributed by atoms with Crippen molar-refractivity contribution in [2.75, 3.05) is 13.1 Å². The van der Waals surface area contributed by atoms with Crippen molar-refractivity contribution in [3.8, 4) is 11.1 Å². The van der Waals surface area contributed by atoms with Crippen molar-refractivity contribution >= 4 is 11.8 Å². The van der Waals surface area contributed by atoms with Gasteiger partial charge in [0.05, 0.1) is 5.41 Å². The minimum Gasteiger partial charge on any atom is -0.369 e. The number of likely N-dealkylation sites (tertiary alicyclic amines) is 1. The highest BCUT2D eigenvalue weighted by atomic mass is 19.1. The van der Waals surface area contributed by atoms with Crippen LogP contribution in [0.3, 0.4) is 0 Å². The van der Waals surface area contributed by atoms with Gasteiger partial charge in [0, 0.05) is 24.6 Å². The molecule has 0 aromatic heterocycles. The Hall–Kier alpha value is -2.69. The molecule has 1 aliphatic heterocycles. The van der Waals surface area contributed by atoms with E-state index in [9.17, 15) is 14.0 Å². The van der Waals surface area contributed by atoms with Crippen LogP contribution in [-0.2, 0) is 16.0 Å². The summed E-state index contributed by atoms with van der Waals surface area (Å²) in [5, 5.41) is 0. The Balaban J connectivity index is 1.61. The Bertz CT molecular complexity index is 923. The molecule has 1 aliphatic carbocycles. The van der Waals surface area contributed by atoms with Gasteiger partial charge in [-0.25, -0.2) is 4.39 Å². The van der Waals surface area contributed by atoms with Crippen molar-refractivity contribution in [3.05, 3.63) is 59.9 Å². The number of hydrogen-bond donors (Lipinski definition) is 1. The van der Waals surface area contributed by atoms with E-state index in [4.69, 9.17) is 5.73 Å². The van der Waals surface area contributed by atoms with Crippen molar-refractivity contribution in [2.45, 2.75) is 38.5 Å². The van der Waals surface area contributed by atoms with Crippen molar-refractivity contribution in [3.63, 3.8) is 0 Å². The smallest absolute Gasteiger partial charge is 0.225 e. The van der Waals surface area contributed by atoms with Crippen LogP contribution in [0.5, 0.6) is 0 Å². The van der Waals surface area contributed by atoms with E-state index in [-0.39, 0.29) is 23.5 Å². The molecule has 1 saturated carbocycles. The van der Waals surface area contributed by atoms with E-state index in [0.717, 1.165) is 36.8 Å². The van der Waals surface area contributed by atoms with Crippen LogP contribution in [0.15, 0.2) is 48.5 Å². The summed E-state index contributed by atoms with van der Waals surface area (Å²) in [5.74, 6) is -0.433. The summed E-state index contributed by atoms with van der Waals surface area (Å²) in [7, 11) is 0. The average Bonchev–Trinajstić information content (AvgIpc) is 3.40. The van der Waals surface area contributed by atoms with Crippen molar-refractivity contribution in [1.82, 2.24) is 4.90 Å². The topological polar surface area (TPSA) is 63.4 Å². The van der Waals surface area contributed by atoms with Gasteiger partial charge in [-0.15, -0.1) is 0 Å². The molecule has 2 fully saturated rings. The molecule has 1 atom stereocenters. The molecule has 0 bridgehead atoms. The Morgan fingerprint density at radius 3 is 2.38 bits per heavy atom. The first-order valence-electron chi connectivity index (χ1n) is 10.4. The number of carbonyl (C=O) groups excluding carboxylic acids is 2. The molecule has 0 radical (unpaired) electrons. The molecule has 0 unspecified atom stereocenters. The third-order valence-electron chi connectivity index (χ3n) is 6.60. The van der Waals surface area contributed by atoms with Crippen molar-refractivity contribution in [1.29, 1.82) is 0 Å². The average molecular weight is 394 g/mol. The standard InChI is InChI=1S/C24H27FN2O2/c25-21-12-6-5-11-20(21)19-10-4-3-9-18(19)15-24(23(26)29)13-14-27(16-24)22(28)17-7-1-2-8-17/h3-6,9-12,17H,1-2,7-8,13-16H2,(H2,26,29)/t24-/m1/s1. The lowest BCUT2D eigenvalue weighted by molar-refractivity contribution is -0.135. The lowest BCUT2D eigenvalue weighted by atomic mass is 9.78. The van der Waals surface area contributed by atoms with Crippen molar-refractivity contribution < 1.29 is 14.0 Å². The number of nitrogens with two attached hydrogens (primary N) is 1. The summed E-state index contributed by atoms with van der Waals surface area (Å²) in [6.45, 7) is 0.906. The number of amides is 2. The fraction of sp³-hybridized carbons (Fsp3) is 0.417. The maximum atomic E-state index is 14.4. The van der Waals surface area contributed by atoms with Gasteiger partial charge in [-0.1, -0.05) is 55.3 Å². The fourth-order valence-corrected chi connectivity index (χ4v) is 4.91. The van der Waals surface area contributed by atoms with E-state index >= 15 is 0 Å².